The number of aromatic amines is 1. The molecular formula is C14H16N6O. The summed E-state index contributed by atoms with van der Waals surface area (Å²) in [4.78, 5) is 6.77. The van der Waals surface area contributed by atoms with Crippen molar-refractivity contribution < 1.29 is 5.11 Å². The van der Waals surface area contributed by atoms with Gasteiger partial charge in [-0.1, -0.05) is 12.1 Å². The largest absolute Gasteiger partial charge is 0.381 e. The summed E-state index contributed by atoms with van der Waals surface area (Å²) in [6, 6.07) is 8.03. The predicted molar refractivity (Wildman–Crippen MR) is 77.8 cm³/mol. The lowest BCUT2D eigenvalue weighted by Gasteiger charge is -2.21. The molecule has 1 aromatic carbocycles. The van der Waals surface area contributed by atoms with Crippen LogP contribution in [0.5, 0.6) is 0 Å². The Hall–Kier alpha value is -2.41. The molecule has 108 valence electrons. The first-order valence-electron chi connectivity index (χ1n) is 6.92. The van der Waals surface area contributed by atoms with Gasteiger partial charge in [0, 0.05) is 20.0 Å². The molecule has 0 spiro atoms. The van der Waals surface area contributed by atoms with Crippen molar-refractivity contribution in [3.8, 4) is 0 Å². The van der Waals surface area contributed by atoms with Crippen molar-refractivity contribution in [3.05, 3.63) is 36.2 Å². The zero-order valence-electron chi connectivity index (χ0n) is 11.7. The van der Waals surface area contributed by atoms with Crippen LogP contribution < -0.4 is 4.90 Å². The molecule has 21 heavy (non-hydrogen) atoms. The smallest absolute Gasteiger partial charge is 0.206 e. The minimum atomic E-state index is -0.967. The van der Waals surface area contributed by atoms with Gasteiger partial charge < -0.3 is 14.6 Å². The third-order valence-electron chi connectivity index (χ3n) is 4.19. The van der Waals surface area contributed by atoms with Gasteiger partial charge in [-0.15, -0.1) is 0 Å². The SMILES string of the molecule is Cn1c(N2CC[C@@](O)(c3cn[nH]n3)C2)nc2ccccc21. The number of aromatic nitrogens is 5. The third kappa shape index (κ3) is 1.81. The van der Waals surface area contributed by atoms with Crippen molar-refractivity contribution in [1.82, 2.24) is 25.0 Å². The van der Waals surface area contributed by atoms with E-state index in [1.165, 1.54) is 0 Å². The lowest BCUT2D eigenvalue weighted by atomic mass is 10.0. The lowest BCUT2D eigenvalue weighted by Crippen LogP contribution is -2.32. The van der Waals surface area contributed by atoms with Crippen LogP contribution in [-0.4, -0.2) is 43.2 Å². The van der Waals surface area contributed by atoms with E-state index >= 15 is 0 Å². The van der Waals surface area contributed by atoms with Crippen molar-refractivity contribution in [2.75, 3.05) is 18.0 Å². The van der Waals surface area contributed by atoms with Gasteiger partial charge >= 0.3 is 0 Å². The van der Waals surface area contributed by atoms with E-state index in [0.717, 1.165) is 23.5 Å². The number of aliphatic hydroxyl groups is 1. The van der Waals surface area contributed by atoms with E-state index in [1.807, 2.05) is 31.3 Å². The number of para-hydroxylation sites is 2. The molecule has 0 unspecified atom stereocenters. The molecule has 7 nitrogen and oxygen atoms in total. The summed E-state index contributed by atoms with van der Waals surface area (Å²) in [6.45, 7) is 1.21. The molecule has 2 aromatic heterocycles. The maximum atomic E-state index is 10.7. The molecule has 3 heterocycles. The molecular weight excluding hydrogens is 268 g/mol. The summed E-state index contributed by atoms with van der Waals surface area (Å²) in [6.07, 6.45) is 2.20. The molecule has 1 fully saturated rings. The Morgan fingerprint density at radius 3 is 2.95 bits per heavy atom. The Bertz CT molecular complexity index is 780. The van der Waals surface area contributed by atoms with E-state index in [2.05, 4.69) is 29.9 Å². The van der Waals surface area contributed by atoms with Crippen LogP contribution in [0.25, 0.3) is 11.0 Å². The van der Waals surface area contributed by atoms with Crippen LogP contribution in [0.15, 0.2) is 30.5 Å². The number of nitrogens with zero attached hydrogens (tertiary/aromatic N) is 5. The molecule has 2 N–H and O–H groups in total. The van der Waals surface area contributed by atoms with Crippen LogP contribution >= 0.6 is 0 Å². The number of rotatable bonds is 2. The number of imidazole rings is 1. The van der Waals surface area contributed by atoms with E-state index < -0.39 is 5.60 Å². The normalized spacial score (nSPS) is 22.3. The minimum absolute atomic E-state index is 0.469. The first kappa shape index (κ1) is 12.3. The topological polar surface area (TPSA) is 82.9 Å². The summed E-state index contributed by atoms with van der Waals surface area (Å²) < 4.78 is 2.06. The van der Waals surface area contributed by atoms with E-state index in [4.69, 9.17) is 0 Å². The molecule has 1 saturated heterocycles. The van der Waals surface area contributed by atoms with Gasteiger partial charge in [0.05, 0.1) is 23.8 Å². The number of anilines is 1. The second kappa shape index (κ2) is 4.29. The summed E-state index contributed by atoms with van der Waals surface area (Å²) in [7, 11) is 2.00. The second-order valence-corrected chi connectivity index (χ2v) is 5.52. The first-order valence-corrected chi connectivity index (χ1v) is 6.92. The Balaban J connectivity index is 1.70. The van der Waals surface area contributed by atoms with Gasteiger partial charge in [-0.25, -0.2) is 4.98 Å². The van der Waals surface area contributed by atoms with Crippen molar-refractivity contribution in [2.45, 2.75) is 12.0 Å². The second-order valence-electron chi connectivity index (χ2n) is 5.52. The summed E-state index contributed by atoms with van der Waals surface area (Å²) in [5.74, 6) is 0.871. The summed E-state index contributed by atoms with van der Waals surface area (Å²) >= 11 is 0. The van der Waals surface area contributed by atoms with Crippen LogP contribution in [0.4, 0.5) is 5.95 Å². The Morgan fingerprint density at radius 2 is 2.19 bits per heavy atom. The molecule has 0 bridgehead atoms. The van der Waals surface area contributed by atoms with Crippen molar-refractivity contribution in [2.24, 2.45) is 7.05 Å². The number of fused-ring (bicyclic) bond motifs is 1. The van der Waals surface area contributed by atoms with Crippen LogP contribution in [0.2, 0.25) is 0 Å². The number of aryl methyl sites for hydroxylation is 1. The average Bonchev–Trinajstić information content (AvgIpc) is 3.19. The van der Waals surface area contributed by atoms with E-state index in [0.29, 0.717) is 18.7 Å². The van der Waals surface area contributed by atoms with Crippen LogP contribution in [0, 0.1) is 0 Å². The molecule has 0 amide bonds. The minimum Gasteiger partial charge on any atom is -0.381 e. The van der Waals surface area contributed by atoms with Crippen molar-refractivity contribution >= 4 is 17.0 Å². The Morgan fingerprint density at radius 1 is 1.33 bits per heavy atom. The summed E-state index contributed by atoms with van der Waals surface area (Å²) in [5, 5.41) is 21.1. The predicted octanol–water partition coefficient (Wildman–Crippen LogP) is 0.789. The Labute approximate surface area is 121 Å². The zero-order valence-corrected chi connectivity index (χ0v) is 11.7. The number of benzene rings is 1. The maximum Gasteiger partial charge on any atom is 0.206 e. The highest BCUT2D eigenvalue weighted by Gasteiger charge is 2.41. The monoisotopic (exact) mass is 284 g/mol. The van der Waals surface area contributed by atoms with Gasteiger partial charge in [-0.3, -0.25) is 0 Å². The third-order valence-corrected chi connectivity index (χ3v) is 4.19. The number of hydrogen-bond acceptors (Lipinski definition) is 5. The highest BCUT2D eigenvalue weighted by Crippen LogP contribution is 2.33. The molecule has 1 atom stereocenters. The first-order chi connectivity index (χ1) is 10.2. The lowest BCUT2D eigenvalue weighted by molar-refractivity contribution is 0.0558. The van der Waals surface area contributed by atoms with Gasteiger partial charge in [0.2, 0.25) is 5.95 Å². The molecule has 1 aliphatic heterocycles. The molecule has 0 aliphatic carbocycles. The highest BCUT2D eigenvalue weighted by atomic mass is 16.3. The number of nitrogens with one attached hydrogen (secondary N) is 1. The fourth-order valence-electron chi connectivity index (χ4n) is 3.02. The van der Waals surface area contributed by atoms with Crippen LogP contribution in [-0.2, 0) is 12.6 Å². The van der Waals surface area contributed by atoms with Gasteiger partial charge in [0.1, 0.15) is 11.3 Å². The van der Waals surface area contributed by atoms with Crippen molar-refractivity contribution in [1.29, 1.82) is 0 Å². The molecule has 1 aliphatic rings. The number of β-amino-alcohol motifs (C(OH)–C–C–N with tert-alkyl or cyclic N) is 1. The van der Waals surface area contributed by atoms with Crippen molar-refractivity contribution in [3.63, 3.8) is 0 Å². The fraction of sp³-hybridized carbons (Fsp3) is 0.357. The van der Waals surface area contributed by atoms with E-state index in [9.17, 15) is 5.11 Å². The molecule has 7 heteroatoms. The van der Waals surface area contributed by atoms with E-state index in [1.54, 1.807) is 6.20 Å². The molecule has 0 saturated carbocycles. The van der Waals surface area contributed by atoms with Crippen LogP contribution in [0.1, 0.15) is 12.1 Å². The number of hydrogen-bond donors (Lipinski definition) is 2. The fourth-order valence-corrected chi connectivity index (χ4v) is 3.02. The quantitative estimate of drug-likeness (QED) is 0.727. The van der Waals surface area contributed by atoms with Gasteiger partial charge in [-0.2, -0.15) is 15.4 Å². The highest BCUT2D eigenvalue weighted by molar-refractivity contribution is 5.78. The maximum absolute atomic E-state index is 10.7. The van der Waals surface area contributed by atoms with Gasteiger partial charge in [0.25, 0.3) is 0 Å². The molecule has 4 rings (SSSR count). The zero-order chi connectivity index (χ0) is 14.4. The number of H-pyrrole nitrogens is 1. The van der Waals surface area contributed by atoms with E-state index in [-0.39, 0.29) is 0 Å². The Kier molecular flexibility index (Phi) is 2.52. The molecule has 3 aromatic rings. The van der Waals surface area contributed by atoms with Crippen LogP contribution in [0.3, 0.4) is 0 Å². The standard InChI is InChI=1S/C14H16N6O/c1-19-11-5-3-2-4-10(11)16-13(19)20-7-6-14(21,9-20)12-8-15-18-17-12/h2-5,8,21H,6-7,9H2,1H3,(H,15,17,18)/t14-/m0/s1. The molecule has 0 radical (unpaired) electrons. The van der Waals surface area contributed by atoms with Gasteiger partial charge in [-0.05, 0) is 12.1 Å². The van der Waals surface area contributed by atoms with Gasteiger partial charge in [0.15, 0.2) is 0 Å². The average molecular weight is 284 g/mol. The summed E-state index contributed by atoms with van der Waals surface area (Å²) in [5.41, 5.74) is 1.67.